The number of nitrogens with one attached hydrogen (secondary N) is 1. The van der Waals surface area contributed by atoms with E-state index in [4.69, 9.17) is 0 Å². The molecule has 1 heterocycles. The van der Waals surface area contributed by atoms with Gasteiger partial charge in [-0.3, -0.25) is 5.01 Å². The fraction of sp³-hybridized carbons (Fsp3) is 0.800. The first kappa shape index (κ1) is 17.1. The summed E-state index contributed by atoms with van der Waals surface area (Å²) in [5.41, 5.74) is 3.34. The Morgan fingerprint density at radius 2 is 1.72 bits per heavy atom. The normalized spacial score (nSPS) is 14.8. The topological polar surface area (TPSA) is 18.5 Å². The summed E-state index contributed by atoms with van der Waals surface area (Å²) in [4.78, 5) is 2.34. The van der Waals surface area contributed by atoms with Crippen LogP contribution < -0.4 is 5.43 Å². The monoisotopic (exact) mass is 270 g/mol. The van der Waals surface area contributed by atoms with Gasteiger partial charge in [0, 0.05) is 25.5 Å². The van der Waals surface area contributed by atoms with Crippen molar-refractivity contribution in [2.45, 2.75) is 33.1 Å². The van der Waals surface area contributed by atoms with Gasteiger partial charge in [-0.25, -0.2) is 5.43 Å². The Morgan fingerprint density at radius 1 is 1.11 bits per heavy atom. The third-order valence-corrected chi connectivity index (χ3v) is 2.16. The minimum atomic E-state index is -6.00. The molecule has 0 unspecified atom stereocenters. The second kappa shape index (κ2) is 9.07. The summed E-state index contributed by atoms with van der Waals surface area (Å²) in [6.07, 6.45) is 8.02. The van der Waals surface area contributed by atoms with Crippen LogP contribution in [0.5, 0.6) is 0 Å². The first-order valence-electron chi connectivity index (χ1n) is 6.16. The third kappa shape index (κ3) is 11.6. The Bertz CT molecular complexity index is 214. The van der Waals surface area contributed by atoms with E-state index >= 15 is 0 Å². The zero-order chi connectivity index (χ0) is 14.0. The van der Waals surface area contributed by atoms with Crippen LogP contribution in [0.2, 0.25) is 0 Å². The molecule has 1 rings (SSSR count). The highest BCUT2D eigenvalue weighted by atomic mass is 19.5. The zero-order valence-corrected chi connectivity index (χ0v) is 10.9. The van der Waals surface area contributed by atoms with Crippen molar-refractivity contribution in [3.05, 3.63) is 12.4 Å². The molecule has 108 valence electrons. The van der Waals surface area contributed by atoms with Crippen molar-refractivity contribution in [1.29, 1.82) is 0 Å². The Kier molecular flexibility index (Phi) is 8.61. The van der Waals surface area contributed by atoms with Crippen molar-refractivity contribution in [3.8, 4) is 0 Å². The van der Waals surface area contributed by atoms with Gasteiger partial charge in [0.2, 0.25) is 0 Å². The zero-order valence-electron chi connectivity index (χ0n) is 10.9. The number of hydrogen-bond donors (Lipinski definition) is 1. The molecular formula is C10H21BF4N3-. The number of hydrogen-bond acceptors (Lipinski definition) is 3. The van der Waals surface area contributed by atoms with E-state index in [-0.39, 0.29) is 0 Å². The molecule has 0 aromatic heterocycles. The van der Waals surface area contributed by atoms with Gasteiger partial charge in [-0.15, -0.1) is 0 Å². The van der Waals surface area contributed by atoms with Crippen molar-refractivity contribution in [3.63, 3.8) is 0 Å². The Morgan fingerprint density at radius 3 is 2.22 bits per heavy atom. The molecule has 0 aromatic carbocycles. The predicted molar refractivity (Wildman–Crippen MR) is 65.9 cm³/mol. The maximum absolute atomic E-state index is 9.75. The minimum Gasteiger partial charge on any atom is -0.418 e. The van der Waals surface area contributed by atoms with Gasteiger partial charge in [0.1, 0.15) is 6.67 Å². The van der Waals surface area contributed by atoms with Crippen LogP contribution in [0, 0.1) is 0 Å². The van der Waals surface area contributed by atoms with E-state index in [1.165, 1.54) is 25.8 Å². The third-order valence-electron chi connectivity index (χ3n) is 2.16. The van der Waals surface area contributed by atoms with E-state index in [0.717, 1.165) is 13.2 Å². The van der Waals surface area contributed by atoms with E-state index in [0.29, 0.717) is 0 Å². The van der Waals surface area contributed by atoms with Gasteiger partial charge in [-0.05, 0) is 12.8 Å². The molecule has 0 atom stereocenters. The summed E-state index contributed by atoms with van der Waals surface area (Å²) in [5.74, 6) is 0. The summed E-state index contributed by atoms with van der Waals surface area (Å²) in [5, 5.41) is 2.15. The van der Waals surface area contributed by atoms with Gasteiger partial charge in [0.15, 0.2) is 0 Å². The van der Waals surface area contributed by atoms with E-state index in [2.05, 4.69) is 41.6 Å². The van der Waals surface area contributed by atoms with Crippen LogP contribution in [-0.2, 0) is 0 Å². The number of nitrogens with zero attached hydrogens (tertiary/aromatic N) is 2. The van der Waals surface area contributed by atoms with Crippen LogP contribution in [0.4, 0.5) is 17.3 Å². The first-order chi connectivity index (χ1) is 8.36. The van der Waals surface area contributed by atoms with Gasteiger partial charge >= 0.3 is 7.25 Å². The van der Waals surface area contributed by atoms with E-state index in [1.807, 2.05) is 0 Å². The van der Waals surface area contributed by atoms with Crippen LogP contribution in [-0.4, -0.2) is 36.9 Å². The highest BCUT2D eigenvalue weighted by molar-refractivity contribution is 6.50. The average Bonchev–Trinajstić information content (AvgIpc) is 2.69. The van der Waals surface area contributed by atoms with E-state index in [9.17, 15) is 17.3 Å². The molecule has 0 bridgehead atoms. The molecule has 0 fully saturated rings. The number of halogens is 4. The van der Waals surface area contributed by atoms with Gasteiger partial charge in [-0.2, -0.15) is 0 Å². The predicted octanol–water partition coefficient (Wildman–Crippen LogP) is 3.05. The lowest BCUT2D eigenvalue weighted by Crippen LogP contribution is -2.36. The van der Waals surface area contributed by atoms with Crippen molar-refractivity contribution in [1.82, 2.24) is 15.3 Å². The van der Waals surface area contributed by atoms with Crippen molar-refractivity contribution < 1.29 is 17.3 Å². The smallest absolute Gasteiger partial charge is 0.418 e. The summed E-state index contributed by atoms with van der Waals surface area (Å²) in [6, 6.07) is 0. The molecule has 18 heavy (non-hydrogen) atoms. The highest BCUT2D eigenvalue weighted by Gasteiger charge is 2.20. The van der Waals surface area contributed by atoms with Gasteiger partial charge in [0.05, 0.1) is 0 Å². The SMILES string of the molecule is CCCCN1C=CN(NCCC)C1.F[B-](F)(F)F. The van der Waals surface area contributed by atoms with Gasteiger partial charge in [-0.1, -0.05) is 20.3 Å². The minimum absolute atomic E-state index is 1.00. The fourth-order valence-electron chi connectivity index (χ4n) is 1.33. The lowest BCUT2D eigenvalue weighted by atomic mass is 10.3. The lowest BCUT2D eigenvalue weighted by Gasteiger charge is -2.21. The molecule has 0 saturated carbocycles. The fourth-order valence-corrected chi connectivity index (χ4v) is 1.33. The van der Waals surface area contributed by atoms with Crippen LogP contribution in [0.1, 0.15) is 33.1 Å². The molecule has 0 aromatic rings. The van der Waals surface area contributed by atoms with Crippen LogP contribution in [0.25, 0.3) is 0 Å². The number of unbranched alkanes of at least 4 members (excludes halogenated alkanes) is 1. The molecule has 0 amide bonds. The van der Waals surface area contributed by atoms with Crippen molar-refractivity contribution in [2.24, 2.45) is 0 Å². The maximum atomic E-state index is 9.75. The van der Waals surface area contributed by atoms with Crippen LogP contribution in [0.15, 0.2) is 12.4 Å². The lowest BCUT2D eigenvalue weighted by molar-refractivity contribution is 0.204. The molecule has 0 spiro atoms. The summed E-state index contributed by atoms with van der Waals surface area (Å²) in [6.45, 7) is 7.65. The van der Waals surface area contributed by atoms with Crippen LogP contribution in [0.3, 0.4) is 0 Å². The van der Waals surface area contributed by atoms with Crippen molar-refractivity contribution >= 4 is 7.25 Å². The first-order valence-corrected chi connectivity index (χ1v) is 6.16. The molecule has 8 heteroatoms. The van der Waals surface area contributed by atoms with E-state index in [1.54, 1.807) is 0 Å². The Labute approximate surface area is 106 Å². The molecule has 1 aliphatic rings. The molecule has 1 N–H and O–H groups in total. The molecular weight excluding hydrogens is 249 g/mol. The van der Waals surface area contributed by atoms with E-state index < -0.39 is 7.25 Å². The Balaban J connectivity index is 0.000000494. The molecule has 3 nitrogen and oxygen atoms in total. The van der Waals surface area contributed by atoms with Gasteiger partial charge in [0.25, 0.3) is 0 Å². The maximum Gasteiger partial charge on any atom is 0.673 e. The molecule has 1 aliphatic heterocycles. The standard InChI is InChI=1S/C10H21N3.BF4/c1-3-5-7-12-8-9-13(10-12)11-6-4-2;2-1(3,4)5/h8-9,11H,3-7,10H2,1-2H3;/q;-1. The largest absolute Gasteiger partial charge is 0.673 e. The highest BCUT2D eigenvalue weighted by Crippen LogP contribution is 2.06. The number of rotatable bonds is 6. The molecule has 0 radical (unpaired) electrons. The average molecular weight is 270 g/mol. The summed E-state index contributed by atoms with van der Waals surface area (Å²) in [7, 11) is -6.00. The summed E-state index contributed by atoms with van der Waals surface area (Å²) < 4.78 is 39.0. The summed E-state index contributed by atoms with van der Waals surface area (Å²) >= 11 is 0. The van der Waals surface area contributed by atoms with Crippen LogP contribution >= 0.6 is 0 Å². The Hall–Kier alpha value is -0.915. The van der Waals surface area contributed by atoms with Gasteiger partial charge < -0.3 is 22.2 Å². The second-order valence-corrected chi connectivity index (χ2v) is 3.98. The van der Waals surface area contributed by atoms with Crippen molar-refractivity contribution in [2.75, 3.05) is 19.8 Å². The molecule has 0 aliphatic carbocycles. The second-order valence-electron chi connectivity index (χ2n) is 3.98. The number of hydrazine groups is 1. The quantitative estimate of drug-likeness (QED) is 0.591. The molecule has 0 saturated heterocycles.